The molecule has 5 heteroatoms. The molecule has 0 bridgehead atoms. The molecule has 80 valence electrons. The molecule has 0 aliphatic carbocycles. The number of fused-ring (bicyclic) bond motifs is 1. The van der Waals surface area contributed by atoms with Crippen LogP contribution in [0.3, 0.4) is 0 Å². The maximum absolute atomic E-state index is 5.23. The predicted octanol–water partition coefficient (Wildman–Crippen LogP) is 0.551. The van der Waals surface area contributed by atoms with Gasteiger partial charge in [0.1, 0.15) is 5.84 Å². The van der Waals surface area contributed by atoms with Crippen LogP contribution < -0.4 is 0 Å². The zero-order valence-electron chi connectivity index (χ0n) is 9.43. The normalized spacial score (nSPS) is 24.2. The summed E-state index contributed by atoms with van der Waals surface area (Å²) in [5, 5.41) is 4.29. The standard InChI is InChI=1S/C10H15N4O/c1-6(2)9-11-7-5-14(3)13-8(7)10(12-9)15-4/h5-7H,1-4H3/q+1. The summed E-state index contributed by atoms with van der Waals surface area (Å²) in [6.07, 6.45) is 1.95. The highest BCUT2D eigenvalue weighted by molar-refractivity contribution is 6.46. The van der Waals surface area contributed by atoms with Crippen molar-refractivity contribution in [2.75, 3.05) is 14.2 Å². The van der Waals surface area contributed by atoms with E-state index in [0.29, 0.717) is 11.8 Å². The van der Waals surface area contributed by atoms with Gasteiger partial charge in [0.05, 0.1) is 7.11 Å². The van der Waals surface area contributed by atoms with Gasteiger partial charge < -0.3 is 4.74 Å². The Balaban J connectivity index is 2.40. The van der Waals surface area contributed by atoms with Crippen LogP contribution in [0.1, 0.15) is 13.8 Å². The highest BCUT2D eigenvalue weighted by Gasteiger charge is 2.35. The third-order valence-corrected chi connectivity index (χ3v) is 2.32. The Morgan fingerprint density at radius 1 is 1.47 bits per heavy atom. The molecule has 5 nitrogen and oxygen atoms in total. The van der Waals surface area contributed by atoms with Crippen molar-refractivity contribution < 1.29 is 9.42 Å². The van der Waals surface area contributed by atoms with E-state index >= 15 is 0 Å². The van der Waals surface area contributed by atoms with Crippen LogP contribution in [0.25, 0.3) is 0 Å². The minimum atomic E-state index is -0.0279. The topological polar surface area (TPSA) is 49.3 Å². The number of amidine groups is 1. The first kappa shape index (κ1) is 10.0. The Kier molecular flexibility index (Phi) is 2.38. The summed E-state index contributed by atoms with van der Waals surface area (Å²) in [6, 6.07) is -0.0279. The van der Waals surface area contributed by atoms with Gasteiger partial charge in [-0.1, -0.05) is 18.5 Å². The summed E-state index contributed by atoms with van der Waals surface area (Å²) >= 11 is 0. The lowest BCUT2D eigenvalue weighted by Gasteiger charge is -2.15. The van der Waals surface area contributed by atoms with Crippen molar-refractivity contribution in [2.45, 2.75) is 19.9 Å². The van der Waals surface area contributed by atoms with Crippen LogP contribution in [0.15, 0.2) is 15.1 Å². The summed E-state index contributed by atoms with van der Waals surface area (Å²) in [4.78, 5) is 8.86. The molecule has 0 N–H and O–H groups in total. The Morgan fingerprint density at radius 3 is 2.80 bits per heavy atom. The molecule has 0 aromatic carbocycles. The molecule has 0 spiro atoms. The molecule has 0 aromatic rings. The molecular weight excluding hydrogens is 192 g/mol. The van der Waals surface area contributed by atoms with E-state index in [4.69, 9.17) is 4.74 Å². The van der Waals surface area contributed by atoms with Gasteiger partial charge >= 0.3 is 0 Å². The summed E-state index contributed by atoms with van der Waals surface area (Å²) in [5.74, 6) is 1.71. The fourth-order valence-electron chi connectivity index (χ4n) is 1.56. The zero-order valence-corrected chi connectivity index (χ0v) is 9.43. The minimum absolute atomic E-state index is 0.0279. The Bertz CT molecular complexity index is 404. The smallest absolute Gasteiger partial charge is 0.246 e. The van der Waals surface area contributed by atoms with Gasteiger partial charge in [-0.2, -0.15) is 4.99 Å². The fraction of sp³-hybridized carbons (Fsp3) is 0.600. The molecule has 2 heterocycles. The van der Waals surface area contributed by atoms with E-state index in [1.807, 2.05) is 13.3 Å². The van der Waals surface area contributed by atoms with E-state index in [1.165, 1.54) is 0 Å². The highest BCUT2D eigenvalue weighted by atomic mass is 16.5. The van der Waals surface area contributed by atoms with E-state index in [-0.39, 0.29) is 6.04 Å². The van der Waals surface area contributed by atoms with E-state index < -0.39 is 0 Å². The van der Waals surface area contributed by atoms with Crippen molar-refractivity contribution in [2.24, 2.45) is 21.0 Å². The summed E-state index contributed by atoms with van der Waals surface area (Å²) in [6.45, 7) is 4.13. The van der Waals surface area contributed by atoms with E-state index in [1.54, 1.807) is 11.8 Å². The van der Waals surface area contributed by atoms with Gasteiger partial charge in [-0.3, -0.25) is 0 Å². The van der Waals surface area contributed by atoms with Gasteiger partial charge in [0.2, 0.25) is 17.8 Å². The van der Waals surface area contributed by atoms with Crippen molar-refractivity contribution in [1.82, 2.24) is 0 Å². The maximum Gasteiger partial charge on any atom is 0.246 e. The third kappa shape index (κ3) is 1.69. The van der Waals surface area contributed by atoms with E-state index in [9.17, 15) is 0 Å². The lowest BCUT2D eigenvalue weighted by molar-refractivity contribution is -0.494. The van der Waals surface area contributed by atoms with Crippen molar-refractivity contribution in [3.05, 3.63) is 0 Å². The average Bonchev–Trinajstić information content (AvgIpc) is 2.56. The number of hydrogen-bond donors (Lipinski definition) is 0. The molecule has 0 radical (unpaired) electrons. The molecule has 0 saturated carbocycles. The number of nitrogens with zero attached hydrogens (tertiary/aromatic N) is 4. The van der Waals surface area contributed by atoms with Gasteiger partial charge in [-0.25, -0.2) is 4.99 Å². The monoisotopic (exact) mass is 207 g/mol. The highest BCUT2D eigenvalue weighted by Crippen LogP contribution is 2.13. The molecule has 0 aromatic heterocycles. The Morgan fingerprint density at radius 2 is 2.20 bits per heavy atom. The van der Waals surface area contributed by atoms with Gasteiger partial charge in [0.15, 0.2) is 13.1 Å². The molecule has 15 heavy (non-hydrogen) atoms. The second-order valence-electron chi connectivity index (χ2n) is 3.92. The Hall–Kier alpha value is -1.52. The van der Waals surface area contributed by atoms with E-state index in [2.05, 4.69) is 28.9 Å². The number of methoxy groups -OCH3 is 1. The van der Waals surface area contributed by atoms with Gasteiger partial charge in [0, 0.05) is 11.0 Å². The second kappa shape index (κ2) is 3.56. The van der Waals surface area contributed by atoms with Crippen molar-refractivity contribution in [3.63, 3.8) is 0 Å². The minimum Gasteiger partial charge on any atom is -0.479 e. The number of ether oxygens (including phenoxy) is 1. The Labute approximate surface area is 88.9 Å². The first-order valence-corrected chi connectivity index (χ1v) is 4.99. The average molecular weight is 207 g/mol. The third-order valence-electron chi connectivity index (χ3n) is 2.32. The number of rotatable bonds is 1. The molecule has 1 atom stereocenters. The van der Waals surface area contributed by atoms with Crippen molar-refractivity contribution in [3.8, 4) is 0 Å². The van der Waals surface area contributed by atoms with Crippen LogP contribution in [0, 0.1) is 5.92 Å². The van der Waals surface area contributed by atoms with Crippen molar-refractivity contribution >= 4 is 23.7 Å². The zero-order chi connectivity index (χ0) is 11.0. The van der Waals surface area contributed by atoms with Crippen LogP contribution in [-0.4, -0.2) is 48.5 Å². The molecule has 0 amide bonds. The molecule has 2 rings (SSSR count). The second-order valence-corrected chi connectivity index (χ2v) is 3.92. The fourth-order valence-corrected chi connectivity index (χ4v) is 1.56. The van der Waals surface area contributed by atoms with Crippen LogP contribution in [-0.2, 0) is 4.74 Å². The van der Waals surface area contributed by atoms with Crippen LogP contribution in [0.2, 0.25) is 0 Å². The molecule has 0 fully saturated rings. The van der Waals surface area contributed by atoms with E-state index in [0.717, 1.165) is 11.5 Å². The lowest BCUT2D eigenvalue weighted by atomic mass is 10.1. The number of aliphatic imine (C=N–C) groups is 2. The van der Waals surface area contributed by atoms with Gasteiger partial charge in [-0.15, -0.1) is 0 Å². The molecule has 1 unspecified atom stereocenters. The van der Waals surface area contributed by atoms with Gasteiger partial charge in [-0.05, 0) is 0 Å². The molecule has 0 saturated heterocycles. The summed E-state index contributed by atoms with van der Waals surface area (Å²) in [7, 11) is 3.49. The largest absolute Gasteiger partial charge is 0.479 e. The predicted molar refractivity (Wildman–Crippen MR) is 60.2 cm³/mol. The number of hydrazone groups is 1. The van der Waals surface area contributed by atoms with Gasteiger partial charge in [0.25, 0.3) is 0 Å². The molecule has 2 aliphatic heterocycles. The van der Waals surface area contributed by atoms with Crippen LogP contribution in [0.4, 0.5) is 0 Å². The number of hydrogen-bond acceptors (Lipinski definition) is 4. The summed E-state index contributed by atoms with van der Waals surface area (Å²) < 4.78 is 6.98. The first-order valence-electron chi connectivity index (χ1n) is 4.99. The molecular formula is C10H15N4O+. The lowest BCUT2D eigenvalue weighted by Crippen LogP contribution is -2.33. The van der Waals surface area contributed by atoms with Crippen LogP contribution in [0.5, 0.6) is 0 Å². The SMILES string of the molecule is COC1=NC(C(C)C)=NC2C=[N+](C)N=C12. The first-order chi connectivity index (χ1) is 7.11. The molecule has 2 aliphatic rings. The maximum atomic E-state index is 5.23. The van der Waals surface area contributed by atoms with Crippen LogP contribution >= 0.6 is 0 Å². The summed E-state index contributed by atoms with van der Waals surface area (Å²) in [5.41, 5.74) is 0.796. The van der Waals surface area contributed by atoms with Crippen molar-refractivity contribution in [1.29, 1.82) is 0 Å². The quantitative estimate of drug-likeness (QED) is 0.579.